The first-order valence-corrected chi connectivity index (χ1v) is 3.44. The molecule has 1 aliphatic heterocycles. The van der Waals surface area contributed by atoms with Crippen LogP contribution in [0.25, 0.3) is 0 Å². The molecule has 0 aromatic carbocycles. The van der Waals surface area contributed by atoms with E-state index in [9.17, 15) is 0 Å². The Labute approximate surface area is 63.8 Å². The van der Waals surface area contributed by atoms with Gasteiger partial charge >= 0.3 is 0 Å². The fourth-order valence-corrected chi connectivity index (χ4v) is 1.13. The molecule has 1 fully saturated rings. The van der Waals surface area contributed by atoms with Crippen LogP contribution in [0.2, 0.25) is 0 Å². The predicted octanol–water partition coefficient (Wildman–Crippen LogP) is -2.54. The lowest BCUT2D eigenvalue weighted by atomic mass is 10.1. The highest BCUT2D eigenvalue weighted by molar-refractivity contribution is 4.89. The lowest BCUT2D eigenvalue weighted by molar-refractivity contribution is -0.0395. The highest BCUT2D eigenvalue weighted by Gasteiger charge is 2.41. The van der Waals surface area contributed by atoms with Crippen molar-refractivity contribution in [1.29, 1.82) is 0 Å². The Hall–Kier alpha value is -0.200. The number of rotatable bonds is 2. The summed E-state index contributed by atoms with van der Waals surface area (Å²) in [5.41, 5.74) is 0. The van der Waals surface area contributed by atoms with Crippen molar-refractivity contribution < 1.29 is 25.2 Å². The van der Waals surface area contributed by atoms with Gasteiger partial charge in [0.1, 0.15) is 24.4 Å². The van der Waals surface area contributed by atoms with Crippen LogP contribution in [0, 0.1) is 0 Å². The molecule has 4 atom stereocenters. The van der Waals surface area contributed by atoms with Crippen LogP contribution in [0.1, 0.15) is 0 Å². The van der Waals surface area contributed by atoms with Gasteiger partial charge in [-0.05, 0) is 0 Å². The van der Waals surface area contributed by atoms with Crippen molar-refractivity contribution in [3.8, 4) is 0 Å². The standard InChI is InChI=1S/C6H12O5/c7-1-3-5(9)6(10)4(2-8)11-3/h3-10H,1-2H2/t3-,4+,5-,6?/m1/s1. The molecule has 0 bridgehead atoms. The fraction of sp³-hybridized carbons (Fsp3) is 1.00. The van der Waals surface area contributed by atoms with Crippen LogP contribution in [-0.4, -0.2) is 58.1 Å². The molecule has 1 unspecified atom stereocenters. The Balaban J connectivity index is 2.53. The molecule has 1 heterocycles. The molecule has 4 N–H and O–H groups in total. The summed E-state index contributed by atoms with van der Waals surface area (Å²) in [5.74, 6) is 0. The molecule has 0 radical (unpaired) electrons. The fourth-order valence-electron chi connectivity index (χ4n) is 1.13. The molecule has 5 heteroatoms. The molecule has 0 aliphatic carbocycles. The van der Waals surface area contributed by atoms with E-state index in [1.54, 1.807) is 0 Å². The van der Waals surface area contributed by atoms with Gasteiger partial charge in [-0.2, -0.15) is 0 Å². The monoisotopic (exact) mass is 164 g/mol. The SMILES string of the molecule is OC[C@@H]1O[C@H](CO)[C@@H](O)C1O. The maximum Gasteiger partial charge on any atom is 0.111 e. The van der Waals surface area contributed by atoms with E-state index in [2.05, 4.69) is 0 Å². The number of aliphatic hydroxyl groups excluding tert-OH is 4. The van der Waals surface area contributed by atoms with Gasteiger partial charge in [0.05, 0.1) is 13.2 Å². The second kappa shape index (κ2) is 3.46. The molecule has 0 aromatic heterocycles. The van der Waals surface area contributed by atoms with Crippen LogP contribution < -0.4 is 0 Å². The molecule has 66 valence electrons. The average molecular weight is 164 g/mol. The largest absolute Gasteiger partial charge is 0.394 e. The Morgan fingerprint density at radius 2 is 1.27 bits per heavy atom. The van der Waals surface area contributed by atoms with E-state index in [0.29, 0.717) is 0 Å². The Morgan fingerprint density at radius 3 is 1.45 bits per heavy atom. The first-order valence-electron chi connectivity index (χ1n) is 3.44. The Kier molecular flexibility index (Phi) is 2.80. The summed E-state index contributed by atoms with van der Waals surface area (Å²) >= 11 is 0. The second-order valence-corrected chi connectivity index (χ2v) is 2.56. The van der Waals surface area contributed by atoms with Crippen LogP contribution in [0.3, 0.4) is 0 Å². The van der Waals surface area contributed by atoms with Crippen molar-refractivity contribution in [2.75, 3.05) is 13.2 Å². The van der Waals surface area contributed by atoms with E-state index in [0.717, 1.165) is 0 Å². The van der Waals surface area contributed by atoms with Crippen molar-refractivity contribution in [3.63, 3.8) is 0 Å². The summed E-state index contributed by atoms with van der Waals surface area (Å²) in [6, 6.07) is 0. The highest BCUT2D eigenvalue weighted by Crippen LogP contribution is 2.20. The zero-order valence-corrected chi connectivity index (χ0v) is 5.92. The minimum atomic E-state index is -1.10. The van der Waals surface area contributed by atoms with Gasteiger partial charge in [0, 0.05) is 0 Å². The maximum absolute atomic E-state index is 9.11. The minimum absolute atomic E-state index is 0.352. The topological polar surface area (TPSA) is 90.2 Å². The highest BCUT2D eigenvalue weighted by atomic mass is 16.6. The summed E-state index contributed by atoms with van der Waals surface area (Å²) < 4.78 is 4.88. The first kappa shape index (κ1) is 8.89. The summed E-state index contributed by atoms with van der Waals surface area (Å²) in [5, 5.41) is 35.4. The third-order valence-electron chi connectivity index (χ3n) is 1.82. The van der Waals surface area contributed by atoms with Gasteiger partial charge in [-0.1, -0.05) is 0 Å². The number of hydrogen-bond donors (Lipinski definition) is 4. The molecule has 0 spiro atoms. The minimum Gasteiger partial charge on any atom is -0.394 e. The quantitative estimate of drug-likeness (QED) is 0.361. The predicted molar refractivity (Wildman–Crippen MR) is 34.8 cm³/mol. The van der Waals surface area contributed by atoms with Crippen LogP contribution in [0.5, 0.6) is 0 Å². The zero-order valence-electron chi connectivity index (χ0n) is 5.92. The molecule has 1 rings (SSSR count). The molecule has 0 aromatic rings. The average Bonchev–Trinajstić information content (AvgIpc) is 2.30. The van der Waals surface area contributed by atoms with Gasteiger partial charge in [-0.15, -0.1) is 0 Å². The van der Waals surface area contributed by atoms with E-state index >= 15 is 0 Å². The Morgan fingerprint density at radius 1 is 0.909 bits per heavy atom. The molecular formula is C6H12O5. The zero-order chi connectivity index (χ0) is 8.43. The summed E-state index contributed by atoms with van der Waals surface area (Å²) in [6.45, 7) is -0.705. The first-order chi connectivity index (χ1) is 5.20. The van der Waals surface area contributed by atoms with Gasteiger partial charge in [0.25, 0.3) is 0 Å². The lowest BCUT2D eigenvalue weighted by Gasteiger charge is -2.10. The van der Waals surface area contributed by atoms with Crippen LogP contribution >= 0.6 is 0 Å². The molecule has 11 heavy (non-hydrogen) atoms. The molecular weight excluding hydrogens is 152 g/mol. The van der Waals surface area contributed by atoms with Crippen molar-refractivity contribution >= 4 is 0 Å². The number of aliphatic hydroxyl groups is 4. The van der Waals surface area contributed by atoms with Crippen LogP contribution in [0.4, 0.5) is 0 Å². The lowest BCUT2D eigenvalue weighted by Crippen LogP contribution is -2.34. The van der Waals surface area contributed by atoms with Gasteiger partial charge < -0.3 is 25.2 Å². The van der Waals surface area contributed by atoms with Gasteiger partial charge in [0.15, 0.2) is 0 Å². The third kappa shape index (κ3) is 1.52. The molecule has 0 saturated carbocycles. The van der Waals surface area contributed by atoms with Gasteiger partial charge in [-0.25, -0.2) is 0 Å². The smallest absolute Gasteiger partial charge is 0.111 e. The van der Waals surface area contributed by atoms with Gasteiger partial charge in [0.2, 0.25) is 0 Å². The van der Waals surface area contributed by atoms with E-state index in [4.69, 9.17) is 25.2 Å². The van der Waals surface area contributed by atoms with Crippen molar-refractivity contribution in [3.05, 3.63) is 0 Å². The van der Waals surface area contributed by atoms with Crippen LogP contribution in [-0.2, 0) is 4.74 Å². The molecule has 0 amide bonds. The van der Waals surface area contributed by atoms with E-state index in [1.807, 2.05) is 0 Å². The number of ether oxygens (including phenoxy) is 1. The van der Waals surface area contributed by atoms with E-state index in [-0.39, 0.29) is 13.2 Å². The van der Waals surface area contributed by atoms with Crippen molar-refractivity contribution in [1.82, 2.24) is 0 Å². The molecule has 1 saturated heterocycles. The van der Waals surface area contributed by atoms with Gasteiger partial charge in [-0.3, -0.25) is 0 Å². The van der Waals surface area contributed by atoms with E-state index in [1.165, 1.54) is 0 Å². The molecule has 5 nitrogen and oxygen atoms in total. The number of hydrogen-bond acceptors (Lipinski definition) is 5. The third-order valence-corrected chi connectivity index (χ3v) is 1.82. The van der Waals surface area contributed by atoms with Crippen molar-refractivity contribution in [2.45, 2.75) is 24.4 Å². The van der Waals surface area contributed by atoms with Crippen molar-refractivity contribution in [2.24, 2.45) is 0 Å². The van der Waals surface area contributed by atoms with Crippen LogP contribution in [0.15, 0.2) is 0 Å². The van der Waals surface area contributed by atoms with E-state index < -0.39 is 24.4 Å². The summed E-state index contributed by atoms with van der Waals surface area (Å²) in [7, 11) is 0. The Bertz CT molecular complexity index is 110. The second-order valence-electron chi connectivity index (χ2n) is 2.56. The summed E-state index contributed by atoms with van der Waals surface area (Å²) in [6.07, 6.45) is -3.75. The summed E-state index contributed by atoms with van der Waals surface area (Å²) in [4.78, 5) is 0. The maximum atomic E-state index is 9.11. The molecule has 1 aliphatic rings. The normalized spacial score (nSPS) is 44.7.